The van der Waals surface area contributed by atoms with Gasteiger partial charge in [-0.05, 0) is 44.0 Å². The van der Waals surface area contributed by atoms with Crippen LogP contribution in [0.5, 0.6) is 0 Å². The first kappa shape index (κ1) is 17.5. The Morgan fingerprint density at radius 3 is 2.45 bits per heavy atom. The molecule has 1 saturated heterocycles. The second-order valence-corrected chi connectivity index (χ2v) is 6.39. The fourth-order valence-corrected chi connectivity index (χ4v) is 3.12. The van der Waals surface area contributed by atoms with E-state index >= 15 is 0 Å². The highest BCUT2D eigenvalue weighted by Gasteiger charge is 2.23. The first-order valence-electron chi connectivity index (χ1n) is 7.69. The number of piperazine rings is 1. The average Bonchev–Trinajstić information content (AvgIpc) is 2.52. The molecule has 1 heterocycles. The Kier molecular flexibility index (Phi) is 6.96. The van der Waals surface area contributed by atoms with Crippen molar-refractivity contribution >= 4 is 29.1 Å². The van der Waals surface area contributed by atoms with Crippen LogP contribution in [0.1, 0.15) is 29.6 Å². The molecule has 6 heteroatoms. The minimum absolute atomic E-state index is 0.0263. The van der Waals surface area contributed by atoms with E-state index in [2.05, 4.69) is 4.90 Å². The molecule has 1 amide bonds. The van der Waals surface area contributed by atoms with Crippen LogP contribution in [0.25, 0.3) is 0 Å². The summed E-state index contributed by atoms with van der Waals surface area (Å²) in [5.41, 5.74) is 0.516. The van der Waals surface area contributed by atoms with E-state index in [-0.39, 0.29) is 12.5 Å². The standard InChI is InChI=1S/C16H22Cl2N2O2/c17-13-4-5-14(15(18)12-13)16(22)20-9-7-19(8-10-20)6-2-1-3-11-21/h4-5,12,21H,1-3,6-11H2. The largest absolute Gasteiger partial charge is 0.396 e. The number of aliphatic hydroxyl groups excluding tert-OH is 1. The summed E-state index contributed by atoms with van der Waals surface area (Å²) >= 11 is 12.0. The lowest BCUT2D eigenvalue weighted by Gasteiger charge is -2.35. The van der Waals surface area contributed by atoms with E-state index in [9.17, 15) is 4.79 Å². The molecule has 1 aliphatic rings. The highest BCUT2D eigenvalue weighted by atomic mass is 35.5. The lowest BCUT2D eigenvalue weighted by atomic mass is 10.1. The first-order valence-corrected chi connectivity index (χ1v) is 8.45. The van der Waals surface area contributed by atoms with Gasteiger partial charge >= 0.3 is 0 Å². The van der Waals surface area contributed by atoms with Crippen molar-refractivity contribution in [2.24, 2.45) is 0 Å². The molecule has 4 nitrogen and oxygen atoms in total. The van der Waals surface area contributed by atoms with Crippen LogP contribution < -0.4 is 0 Å². The van der Waals surface area contributed by atoms with Gasteiger partial charge in [0, 0.05) is 37.8 Å². The van der Waals surface area contributed by atoms with Crippen molar-refractivity contribution in [1.82, 2.24) is 9.80 Å². The summed E-state index contributed by atoms with van der Waals surface area (Å²) in [6.45, 7) is 4.51. The predicted octanol–water partition coefficient (Wildman–Crippen LogP) is 2.91. The zero-order chi connectivity index (χ0) is 15.9. The fourth-order valence-electron chi connectivity index (χ4n) is 2.63. The Morgan fingerprint density at radius 2 is 1.82 bits per heavy atom. The van der Waals surface area contributed by atoms with E-state index < -0.39 is 0 Å². The summed E-state index contributed by atoms with van der Waals surface area (Å²) in [6.07, 6.45) is 3.01. The summed E-state index contributed by atoms with van der Waals surface area (Å²) in [6, 6.07) is 4.99. The van der Waals surface area contributed by atoms with Gasteiger partial charge in [-0.3, -0.25) is 9.69 Å². The van der Waals surface area contributed by atoms with Gasteiger partial charge in [0.05, 0.1) is 10.6 Å². The zero-order valence-corrected chi connectivity index (χ0v) is 14.1. The third kappa shape index (κ3) is 4.85. The maximum atomic E-state index is 12.5. The Labute approximate surface area is 141 Å². The third-order valence-corrected chi connectivity index (χ3v) is 4.50. The number of hydrogen-bond donors (Lipinski definition) is 1. The number of aliphatic hydroxyl groups is 1. The van der Waals surface area contributed by atoms with Crippen molar-refractivity contribution < 1.29 is 9.90 Å². The van der Waals surface area contributed by atoms with Crippen molar-refractivity contribution in [2.45, 2.75) is 19.3 Å². The molecule has 2 rings (SSSR count). The van der Waals surface area contributed by atoms with E-state index in [0.717, 1.165) is 52.0 Å². The van der Waals surface area contributed by atoms with Crippen molar-refractivity contribution in [3.8, 4) is 0 Å². The van der Waals surface area contributed by atoms with Crippen molar-refractivity contribution in [3.05, 3.63) is 33.8 Å². The molecule has 0 atom stereocenters. The van der Waals surface area contributed by atoms with Gasteiger partial charge in [0.25, 0.3) is 5.91 Å². The molecule has 1 aromatic rings. The quantitative estimate of drug-likeness (QED) is 0.807. The lowest BCUT2D eigenvalue weighted by Crippen LogP contribution is -2.48. The molecule has 122 valence electrons. The van der Waals surface area contributed by atoms with Crippen LogP contribution in [0, 0.1) is 0 Å². The minimum atomic E-state index is -0.0263. The van der Waals surface area contributed by atoms with Gasteiger partial charge in [0.15, 0.2) is 0 Å². The Bertz CT molecular complexity index is 503. The topological polar surface area (TPSA) is 43.8 Å². The smallest absolute Gasteiger partial charge is 0.255 e. The van der Waals surface area contributed by atoms with Crippen LogP contribution in [0.15, 0.2) is 18.2 Å². The highest BCUT2D eigenvalue weighted by molar-refractivity contribution is 6.36. The van der Waals surface area contributed by atoms with E-state index in [4.69, 9.17) is 28.3 Å². The first-order chi connectivity index (χ1) is 10.6. The second-order valence-electron chi connectivity index (χ2n) is 5.54. The maximum Gasteiger partial charge on any atom is 0.255 e. The molecule has 0 aromatic heterocycles. The van der Waals surface area contributed by atoms with Crippen molar-refractivity contribution in [2.75, 3.05) is 39.3 Å². The number of rotatable bonds is 6. The molecular weight excluding hydrogens is 323 g/mol. The highest BCUT2D eigenvalue weighted by Crippen LogP contribution is 2.22. The molecule has 1 aliphatic heterocycles. The van der Waals surface area contributed by atoms with Gasteiger partial charge in [-0.2, -0.15) is 0 Å². The number of nitrogens with zero attached hydrogens (tertiary/aromatic N) is 2. The van der Waals surface area contributed by atoms with Gasteiger partial charge < -0.3 is 10.0 Å². The Hall–Kier alpha value is -0.810. The van der Waals surface area contributed by atoms with Gasteiger partial charge in [0.1, 0.15) is 0 Å². The number of unbranched alkanes of at least 4 members (excludes halogenated alkanes) is 2. The summed E-state index contributed by atoms with van der Waals surface area (Å²) in [5.74, 6) is -0.0263. The van der Waals surface area contributed by atoms with Gasteiger partial charge in [0.2, 0.25) is 0 Å². The predicted molar refractivity (Wildman–Crippen MR) is 89.7 cm³/mol. The molecular formula is C16H22Cl2N2O2. The second kappa shape index (κ2) is 8.73. The van der Waals surface area contributed by atoms with E-state index in [1.165, 1.54) is 0 Å². The van der Waals surface area contributed by atoms with Crippen LogP contribution in [0.4, 0.5) is 0 Å². The van der Waals surface area contributed by atoms with Crippen LogP contribution >= 0.6 is 23.2 Å². The fraction of sp³-hybridized carbons (Fsp3) is 0.562. The third-order valence-electron chi connectivity index (χ3n) is 3.95. The maximum absolute atomic E-state index is 12.5. The summed E-state index contributed by atoms with van der Waals surface area (Å²) < 4.78 is 0. The molecule has 0 radical (unpaired) electrons. The monoisotopic (exact) mass is 344 g/mol. The molecule has 0 unspecified atom stereocenters. The number of amides is 1. The summed E-state index contributed by atoms with van der Waals surface area (Å²) in [7, 11) is 0. The number of benzene rings is 1. The average molecular weight is 345 g/mol. The molecule has 1 aromatic carbocycles. The number of carbonyl (C=O) groups excluding carboxylic acids is 1. The zero-order valence-electron chi connectivity index (χ0n) is 12.6. The van der Waals surface area contributed by atoms with E-state index in [1.807, 2.05) is 4.90 Å². The molecule has 0 spiro atoms. The molecule has 0 saturated carbocycles. The lowest BCUT2D eigenvalue weighted by molar-refractivity contribution is 0.0635. The molecule has 22 heavy (non-hydrogen) atoms. The van der Waals surface area contributed by atoms with Gasteiger partial charge in [-0.1, -0.05) is 23.2 Å². The number of carbonyl (C=O) groups is 1. The van der Waals surface area contributed by atoms with Gasteiger partial charge in [-0.15, -0.1) is 0 Å². The minimum Gasteiger partial charge on any atom is -0.396 e. The molecule has 1 fully saturated rings. The van der Waals surface area contributed by atoms with Crippen molar-refractivity contribution in [1.29, 1.82) is 0 Å². The van der Waals surface area contributed by atoms with Crippen LogP contribution in [0.2, 0.25) is 10.0 Å². The SMILES string of the molecule is O=C(c1ccc(Cl)cc1Cl)N1CCN(CCCCCO)CC1. The normalized spacial score (nSPS) is 16.0. The van der Waals surface area contributed by atoms with Crippen LogP contribution in [-0.2, 0) is 0 Å². The number of hydrogen-bond acceptors (Lipinski definition) is 3. The van der Waals surface area contributed by atoms with E-state index in [1.54, 1.807) is 18.2 Å². The molecule has 0 aliphatic carbocycles. The summed E-state index contributed by atoms with van der Waals surface area (Å²) in [4.78, 5) is 16.7. The van der Waals surface area contributed by atoms with Crippen LogP contribution in [-0.4, -0.2) is 60.1 Å². The molecule has 0 bridgehead atoms. The van der Waals surface area contributed by atoms with E-state index in [0.29, 0.717) is 15.6 Å². The van der Waals surface area contributed by atoms with Crippen LogP contribution in [0.3, 0.4) is 0 Å². The molecule has 1 N–H and O–H groups in total. The Morgan fingerprint density at radius 1 is 1.09 bits per heavy atom. The van der Waals surface area contributed by atoms with Crippen molar-refractivity contribution in [3.63, 3.8) is 0 Å². The Balaban J connectivity index is 1.82. The van der Waals surface area contributed by atoms with Gasteiger partial charge in [-0.25, -0.2) is 0 Å². The summed E-state index contributed by atoms with van der Waals surface area (Å²) in [5, 5.41) is 9.71. The number of halogens is 2.